The third-order valence-corrected chi connectivity index (χ3v) is 6.07. The van der Waals surface area contributed by atoms with Crippen molar-refractivity contribution < 1.29 is 0 Å². The van der Waals surface area contributed by atoms with Crippen LogP contribution < -0.4 is 9.80 Å². The second-order valence-corrected chi connectivity index (χ2v) is 7.85. The molecule has 128 valence electrons. The summed E-state index contributed by atoms with van der Waals surface area (Å²) in [6.07, 6.45) is 8.75. The van der Waals surface area contributed by atoms with Gasteiger partial charge in [0.2, 0.25) is 0 Å². The van der Waals surface area contributed by atoms with Crippen LogP contribution in [0.2, 0.25) is 0 Å². The van der Waals surface area contributed by atoms with Crippen LogP contribution in [0.5, 0.6) is 0 Å². The van der Waals surface area contributed by atoms with Gasteiger partial charge < -0.3 is 14.4 Å². The normalized spacial score (nSPS) is 25.0. The first-order valence-corrected chi connectivity index (χ1v) is 9.84. The molecule has 2 saturated heterocycles. The minimum absolute atomic E-state index is 0.450. The molecule has 2 aliphatic rings. The molecule has 0 aromatic carbocycles. The van der Waals surface area contributed by atoms with Crippen molar-refractivity contribution in [3.05, 3.63) is 31.1 Å². The first-order chi connectivity index (χ1) is 11.8. The Balaban J connectivity index is 1.53. The summed E-state index contributed by atoms with van der Waals surface area (Å²) in [7, 11) is 0. The number of anilines is 2. The van der Waals surface area contributed by atoms with E-state index in [4.69, 9.17) is 0 Å². The minimum Gasteiger partial charge on any atom is -0.355 e. The molecule has 2 aromatic rings. The molecule has 0 saturated carbocycles. The highest BCUT2D eigenvalue weighted by Gasteiger charge is 2.28. The van der Waals surface area contributed by atoms with Crippen LogP contribution in [0.1, 0.15) is 19.4 Å². The van der Waals surface area contributed by atoms with Gasteiger partial charge >= 0.3 is 0 Å². The number of rotatable bonds is 3. The largest absolute Gasteiger partial charge is 0.355 e. The number of thioether (sulfide) groups is 1. The molecular formula is C17H24N6S. The quantitative estimate of drug-likeness (QED) is 0.852. The van der Waals surface area contributed by atoms with E-state index in [1.807, 2.05) is 24.3 Å². The highest BCUT2D eigenvalue weighted by atomic mass is 32.2. The smallest absolute Gasteiger partial charge is 0.134 e. The van der Waals surface area contributed by atoms with E-state index in [0.29, 0.717) is 12.0 Å². The third kappa shape index (κ3) is 3.22. The standard InChI is InChI=1S/C17H24N6S/c1-14-2-4-22(11-15(14)23-5-3-18-13-23)17-10-16(19-12-20-17)21-6-8-24-9-7-21/h3,5,10,12-15H,2,4,6-9,11H2,1H3. The Labute approximate surface area is 147 Å². The van der Waals surface area contributed by atoms with E-state index in [1.165, 1.54) is 17.9 Å². The molecule has 2 atom stereocenters. The van der Waals surface area contributed by atoms with Crippen molar-refractivity contribution in [1.29, 1.82) is 0 Å². The second kappa shape index (κ2) is 7.01. The van der Waals surface area contributed by atoms with Crippen molar-refractivity contribution in [3.8, 4) is 0 Å². The van der Waals surface area contributed by atoms with Crippen LogP contribution in [0, 0.1) is 5.92 Å². The van der Waals surface area contributed by atoms with Crippen molar-refractivity contribution in [2.45, 2.75) is 19.4 Å². The first kappa shape index (κ1) is 15.7. The maximum atomic E-state index is 4.56. The van der Waals surface area contributed by atoms with E-state index in [9.17, 15) is 0 Å². The van der Waals surface area contributed by atoms with Crippen molar-refractivity contribution >= 4 is 23.4 Å². The number of imidazole rings is 1. The van der Waals surface area contributed by atoms with Gasteiger partial charge in [0.05, 0.1) is 12.4 Å². The van der Waals surface area contributed by atoms with Crippen LogP contribution >= 0.6 is 11.8 Å². The predicted octanol–water partition coefficient (Wildman–Crippen LogP) is 2.31. The highest BCUT2D eigenvalue weighted by Crippen LogP contribution is 2.30. The molecule has 4 rings (SSSR count). The van der Waals surface area contributed by atoms with E-state index in [0.717, 1.165) is 37.8 Å². The number of nitrogens with zero attached hydrogens (tertiary/aromatic N) is 6. The third-order valence-electron chi connectivity index (χ3n) is 5.12. The maximum Gasteiger partial charge on any atom is 0.134 e. The fourth-order valence-electron chi connectivity index (χ4n) is 3.59. The number of piperidine rings is 1. The van der Waals surface area contributed by atoms with Gasteiger partial charge in [0.25, 0.3) is 0 Å². The minimum atomic E-state index is 0.450. The zero-order valence-electron chi connectivity index (χ0n) is 14.1. The fraction of sp³-hybridized carbons (Fsp3) is 0.588. The number of hydrogen-bond acceptors (Lipinski definition) is 6. The number of hydrogen-bond donors (Lipinski definition) is 0. The van der Waals surface area contributed by atoms with Crippen molar-refractivity contribution in [2.75, 3.05) is 47.5 Å². The maximum absolute atomic E-state index is 4.56. The molecule has 0 N–H and O–H groups in total. The Morgan fingerprint density at radius 2 is 1.88 bits per heavy atom. The molecule has 0 bridgehead atoms. The Morgan fingerprint density at radius 3 is 2.62 bits per heavy atom. The Kier molecular flexibility index (Phi) is 4.60. The average Bonchev–Trinajstić information content (AvgIpc) is 3.17. The van der Waals surface area contributed by atoms with Gasteiger partial charge in [-0.15, -0.1) is 0 Å². The molecule has 0 aliphatic carbocycles. The summed E-state index contributed by atoms with van der Waals surface area (Å²) in [6.45, 7) is 6.52. The van der Waals surface area contributed by atoms with Crippen LogP contribution in [-0.2, 0) is 0 Å². The first-order valence-electron chi connectivity index (χ1n) is 8.68. The monoisotopic (exact) mass is 344 g/mol. The summed E-state index contributed by atoms with van der Waals surface area (Å²) < 4.78 is 2.24. The molecule has 2 aliphatic heterocycles. The lowest BCUT2D eigenvalue weighted by Gasteiger charge is -2.38. The summed E-state index contributed by atoms with van der Waals surface area (Å²) in [5.74, 6) is 5.14. The highest BCUT2D eigenvalue weighted by molar-refractivity contribution is 7.99. The summed E-state index contributed by atoms with van der Waals surface area (Å²) in [5, 5.41) is 0. The van der Waals surface area contributed by atoms with Crippen molar-refractivity contribution in [2.24, 2.45) is 5.92 Å². The summed E-state index contributed by atoms with van der Waals surface area (Å²) in [4.78, 5) is 18.1. The van der Waals surface area contributed by atoms with Crippen LogP contribution in [-0.4, -0.2) is 57.2 Å². The molecule has 0 radical (unpaired) electrons. The zero-order valence-corrected chi connectivity index (χ0v) is 14.9. The number of aromatic nitrogens is 4. The van der Waals surface area contributed by atoms with Gasteiger partial charge in [-0.1, -0.05) is 6.92 Å². The van der Waals surface area contributed by atoms with Crippen LogP contribution in [0.15, 0.2) is 31.1 Å². The van der Waals surface area contributed by atoms with E-state index in [2.05, 4.69) is 48.5 Å². The SMILES string of the molecule is CC1CCN(c2cc(N3CCSCC3)ncn2)CC1n1ccnc1. The molecule has 6 nitrogen and oxygen atoms in total. The summed E-state index contributed by atoms with van der Waals surface area (Å²) >= 11 is 2.02. The Morgan fingerprint density at radius 1 is 1.08 bits per heavy atom. The molecule has 7 heteroatoms. The summed E-state index contributed by atoms with van der Waals surface area (Å²) in [6, 6.07) is 2.61. The van der Waals surface area contributed by atoms with Gasteiger partial charge in [0.15, 0.2) is 0 Å². The van der Waals surface area contributed by atoms with E-state index in [-0.39, 0.29) is 0 Å². The van der Waals surface area contributed by atoms with E-state index in [1.54, 1.807) is 6.33 Å². The van der Waals surface area contributed by atoms with E-state index >= 15 is 0 Å². The second-order valence-electron chi connectivity index (χ2n) is 6.62. The van der Waals surface area contributed by atoms with Gasteiger partial charge in [0, 0.05) is 56.1 Å². The topological polar surface area (TPSA) is 50.1 Å². The Hall–Kier alpha value is -1.76. The molecule has 2 aromatic heterocycles. The zero-order chi connectivity index (χ0) is 16.4. The molecular weight excluding hydrogens is 320 g/mol. The van der Waals surface area contributed by atoms with Crippen molar-refractivity contribution in [1.82, 2.24) is 19.5 Å². The van der Waals surface area contributed by atoms with Gasteiger partial charge in [-0.2, -0.15) is 11.8 Å². The fourth-order valence-corrected chi connectivity index (χ4v) is 4.49. The van der Waals surface area contributed by atoms with Crippen molar-refractivity contribution in [3.63, 3.8) is 0 Å². The molecule has 24 heavy (non-hydrogen) atoms. The lowest BCUT2D eigenvalue weighted by molar-refractivity contribution is 0.298. The average molecular weight is 344 g/mol. The van der Waals surface area contributed by atoms with Gasteiger partial charge in [-0.3, -0.25) is 0 Å². The molecule has 2 fully saturated rings. The Bertz CT molecular complexity index is 655. The van der Waals surface area contributed by atoms with Gasteiger partial charge in [0.1, 0.15) is 18.0 Å². The van der Waals surface area contributed by atoms with Crippen LogP contribution in [0.3, 0.4) is 0 Å². The van der Waals surface area contributed by atoms with Gasteiger partial charge in [-0.25, -0.2) is 15.0 Å². The molecule has 0 amide bonds. The van der Waals surface area contributed by atoms with E-state index < -0.39 is 0 Å². The van der Waals surface area contributed by atoms with Gasteiger partial charge in [-0.05, 0) is 12.3 Å². The predicted molar refractivity (Wildman–Crippen MR) is 98.8 cm³/mol. The van der Waals surface area contributed by atoms with Crippen LogP contribution in [0.4, 0.5) is 11.6 Å². The van der Waals surface area contributed by atoms with Crippen LogP contribution in [0.25, 0.3) is 0 Å². The lowest BCUT2D eigenvalue weighted by atomic mass is 9.93. The summed E-state index contributed by atoms with van der Waals surface area (Å²) in [5.41, 5.74) is 0. The molecule has 2 unspecified atom stereocenters. The molecule has 4 heterocycles. The molecule has 0 spiro atoms. The lowest BCUT2D eigenvalue weighted by Crippen LogP contribution is -2.41.